The average molecular weight is 554 g/mol. The molecular weight excluding hydrogens is 522 g/mol. The van der Waals surface area contributed by atoms with Gasteiger partial charge in [-0.25, -0.2) is 4.79 Å². The molecule has 0 saturated heterocycles. The number of amides is 3. The zero-order valence-corrected chi connectivity index (χ0v) is 21.8. The number of rotatable bonds is 15. The summed E-state index contributed by atoms with van der Waals surface area (Å²) >= 11 is 5.30. The van der Waals surface area contributed by atoms with Crippen molar-refractivity contribution < 1.29 is 34.2 Å². The molecule has 202 valence electrons. The fourth-order valence-electron chi connectivity index (χ4n) is 3.53. The van der Waals surface area contributed by atoms with Crippen LogP contribution in [0.5, 0.6) is 0 Å². The van der Waals surface area contributed by atoms with Gasteiger partial charge < -0.3 is 36.9 Å². The topological polar surface area (TPSA) is 204 Å². The third kappa shape index (κ3) is 8.98. The van der Waals surface area contributed by atoms with Crippen LogP contribution in [0.15, 0.2) is 30.5 Å². The van der Waals surface area contributed by atoms with E-state index in [0.717, 1.165) is 16.5 Å². The number of carbonyl (C=O) groups excluding carboxylic acids is 3. The first-order chi connectivity index (χ1) is 17.6. The maximum Gasteiger partial charge on any atom is 0.327 e. The summed E-state index contributed by atoms with van der Waals surface area (Å²) in [6, 6.07) is 2.42. The quantitative estimate of drug-likeness (QED) is 0.137. The van der Waals surface area contributed by atoms with Crippen molar-refractivity contribution in [1.82, 2.24) is 20.9 Å². The monoisotopic (exact) mass is 553 g/mol. The zero-order valence-electron chi connectivity index (χ0n) is 20.1. The molecule has 3 amide bonds. The van der Waals surface area contributed by atoms with Crippen molar-refractivity contribution in [3.8, 4) is 0 Å². The first-order valence-electron chi connectivity index (χ1n) is 11.3. The van der Waals surface area contributed by atoms with Crippen molar-refractivity contribution >= 4 is 65.0 Å². The van der Waals surface area contributed by atoms with Crippen molar-refractivity contribution in [2.75, 3.05) is 17.8 Å². The van der Waals surface area contributed by atoms with E-state index in [0.29, 0.717) is 5.75 Å². The van der Waals surface area contributed by atoms with E-state index in [-0.39, 0.29) is 18.6 Å². The number of benzene rings is 1. The first kappa shape index (κ1) is 30.0. The Hall–Kier alpha value is -3.23. The second kappa shape index (κ2) is 14.5. The highest BCUT2D eigenvalue weighted by Gasteiger charge is 2.31. The number of fused-ring (bicyclic) bond motifs is 1. The van der Waals surface area contributed by atoms with Crippen LogP contribution in [0.1, 0.15) is 18.4 Å². The fraction of sp³-hybridized carbons (Fsp3) is 0.435. The van der Waals surface area contributed by atoms with Crippen molar-refractivity contribution in [3.63, 3.8) is 0 Å². The van der Waals surface area contributed by atoms with Gasteiger partial charge in [0, 0.05) is 22.9 Å². The minimum absolute atomic E-state index is 0.135. The van der Waals surface area contributed by atoms with Crippen LogP contribution in [0.2, 0.25) is 0 Å². The van der Waals surface area contributed by atoms with E-state index in [1.54, 1.807) is 12.5 Å². The lowest BCUT2D eigenvalue weighted by atomic mass is 10.0. The minimum Gasteiger partial charge on any atom is -0.481 e. The Morgan fingerprint density at radius 2 is 1.62 bits per heavy atom. The molecule has 37 heavy (non-hydrogen) atoms. The van der Waals surface area contributed by atoms with Crippen LogP contribution in [-0.2, 0) is 30.4 Å². The van der Waals surface area contributed by atoms with E-state index in [9.17, 15) is 29.1 Å². The predicted octanol–water partition coefficient (Wildman–Crippen LogP) is -0.266. The Labute approximate surface area is 222 Å². The molecule has 1 heterocycles. The lowest BCUT2D eigenvalue weighted by Crippen LogP contribution is -2.58. The Bertz CT molecular complexity index is 1130. The van der Waals surface area contributed by atoms with Gasteiger partial charge in [0.1, 0.15) is 18.1 Å². The minimum atomic E-state index is -1.51. The number of thiol groups is 1. The highest BCUT2D eigenvalue weighted by atomic mass is 32.2. The Kier molecular flexibility index (Phi) is 11.8. The van der Waals surface area contributed by atoms with Crippen LogP contribution in [0.25, 0.3) is 10.9 Å². The summed E-state index contributed by atoms with van der Waals surface area (Å²) in [4.78, 5) is 64.1. The lowest BCUT2D eigenvalue weighted by molar-refractivity contribution is -0.142. The largest absolute Gasteiger partial charge is 0.481 e. The summed E-state index contributed by atoms with van der Waals surface area (Å²) in [6.07, 6.45) is 3.04. The summed E-state index contributed by atoms with van der Waals surface area (Å²) in [7, 11) is 0. The van der Waals surface area contributed by atoms with Gasteiger partial charge in [-0.2, -0.15) is 24.4 Å². The smallest absolute Gasteiger partial charge is 0.327 e. The van der Waals surface area contributed by atoms with E-state index in [1.807, 2.05) is 24.3 Å². The number of aromatic amines is 1. The van der Waals surface area contributed by atoms with Gasteiger partial charge in [0.2, 0.25) is 17.7 Å². The maximum atomic E-state index is 12.9. The summed E-state index contributed by atoms with van der Waals surface area (Å²) < 4.78 is 0. The highest BCUT2D eigenvalue weighted by Crippen LogP contribution is 2.18. The van der Waals surface area contributed by atoms with Gasteiger partial charge >= 0.3 is 11.9 Å². The second-order valence-corrected chi connectivity index (χ2v) is 9.60. The summed E-state index contributed by atoms with van der Waals surface area (Å²) in [5, 5.41) is 26.4. The molecule has 0 bridgehead atoms. The van der Waals surface area contributed by atoms with Gasteiger partial charge in [-0.15, -0.1) is 0 Å². The van der Waals surface area contributed by atoms with Gasteiger partial charge in [0.05, 0.1) is 12.5 Å². The van der Waals surface area contributed by atoms with E-state index in [2.05, 4.69) is 33.6 Å². The van der Waals surface area contributed by atoms with Gasteiger partial charge in [0.15, 0.2) is 0 Å². The third-order valence-corrected chi connectivity index (χ3v) is 6.51. The molecule has 1 aromatic heterocycles. The number of H-pyrrole nitrogens is 1. The number of hydrogen-bond acceptors (Lipinski definition) is 8. The van der Waals surface area contributed by atoms with Crippen LogP contribution < -0.4 is 21.7 Å². The Balaban J connectivity index is 2.11. The van der Waals surface area contributed by atoms with E-state index >= 15 is 0 Å². The van der Waals surface area contributed by atoms with Crippen molar-refractivity contribution in [2.24, 2.45) is 5.73 Å². The fourth-order valence-corrected chi connectivity index (χ4v) is 4.25. The second-order valence-electron chi connectivity index (χ2n) is 8.25. The van der Waals surface area contributed by atoms with Gasteiger partial charge in [-0.3, -0.25) is 19.2 Å². The van der Waals surface area contributed by atoms with Crippen LogP contribution in [-0.4, -0.2) is 86.8 Å². The number of carboxylic acid groups (broad SMARTS) is 2. The van der Waals surface area contributed by atoms with Gasteiger partial charge in [0.25, 0.3) is 0 Å². The van der Waals surface area contributed by atoms with Gasteiger partial charge in [-0.1, -0.05) is 18.2 Å². The highest BCUT2D eigenvalue weighted by molar-refractivity contribution is 7.98. The molecule has 0 aliphatic heterocycles. The van der Waals surface area contributed by atoms with Crippen LogP contribution in [0.3, 0.4) is 0 Å². The Morgan fingerprint density at radius 3 is 2.24 bits per heavy atom. The molecule has 0 spiro atoms. The van der Waals surface area contributed by atoms with E-state index in [4.69, 9.17) is 10.8 Å². The molecule has 1 aromatic carbocycles. The van der Waals surface area contributed by atoms with Gasteiger partial charge in [-0.05, 0) is 36.5 Å². The summed E-state index contributed by atoms with van der Waals surface area (Å²) in [6.45, 7) is 0. The number of thioether (sulfide) groups is 1. The molecular formula is C23H31N5O7S2. The van der Waals surface area contributed by atoms with E-state index < -0.39 is 60.2 Å². The average Bonchev–Trinajstić information content (AvgIpc) is 3.26. The van der Waals surface area contributed by atoms with Crippen molar-refractivity contribution in [1.29, 1.82) is 0 Å². The molecule has 0 fully saturated rings. The number of para-hydroxylation sites is 1. The molecule has 4 unspecified atom stereocenters. The third-order valence-electron chi connectivity index (χ3n) is 5.50. The SMILES string of the molecule is CSCCC(NC(=O)C(CC(=O)O)NC(=O)C(N)Cc1c[nH]c2ccccc12)C(=O)NC(CS)C(=O)O. The van der Waals surface area contributed by atoms with Crippen LogP contribution >= 0.6 is 24.4 Å². The molecule has 0 aliphatic rings. The Morgan fingerprint density at radius 1 is 1.00 bits per heavy atom. The molecule has 0 radical (unpaired) electrons. The predicted molar refractivity (Wildman–Crippen MR) is 143 cm³/mol. The first-order valence-corrected chi connectivity index (χ1v) is 13.4. The normalized spacial score (nSPS) is 14.2. The number of aromatic nitrogens is 1. The molecule has 2 rings (SSSR count). The van der Waals surface area contributed by atoms with Crippen LogP contribution in [0, 0.1) is 0 Å². The molecule has 0 aliphatic carbocycles. The number of carbonyl (C=O) groups is 5. The van der Waals surface area contributed by atoms with Crippen molar-refractivity contribution in [3.05, 3.63) is 36.0 Å². The molecule has 14 heteroatoms. The summed E-state index contributed by atoms with van der Waals surface area (Å²) in [5.41, 5.74) is 7.71. The zero-order chi connectivity index (χ0) is 27.5. The standard InChI is InChI=1S/C23H31N5O7S2/c1-37-7-6-16(21(32)28-18(11-36)23(34)35)26-22(33)17(9-19(29)30)27-20(31)14(24)8-12-10-25-15-5-3-2-4-13(12)15/h2-5,10,14,16-18,25,36H,6-9,11,24H2,1H3,(H,26,33)(H,27,31)(H,28,32)(H,29,30)(H,34,35). The molecule has 2 aromatic rings. The molecule has 0 saturated carbocycles. The number of nitrogens with two attached hydrogens (primary N) is 1. The number of aliphatic carboxylic acids is 2. The number of carboxylic acids is 2. The molecule has 8 N–H and O–H groups in total. The lowest BCUT2D eigenvalue weighted by Gasteiger charge is -2.24. The number of nitrogens with one attached hydrogen (secondary N) is 4. The molecule has 4 atom stereocenters. The summed E-state index contributed by atoms with van der Waals surface area (Å²) in [5.74, 6) is -4.78. The van der Waals surface area contributed by atoms with E-state index in [1.165, 1.54) is 11.8 Å². The van der Waals surface area contributed by atoms with Crippen LogP contribution in [0.4, 0.5) is 0 Å². The maximum absolute atomic E-state index is 12.9. The van der Waals surface area contributed by atoms with Crippen molar-refractivity contribution in [2.45, 2.75) is 43.4 Å². The number of hydrogen-bond donors (Lipinski definition) is 8. The molecule has 12 nitrogen and oxygen atoms in total.